The molecule has 1 N–H and O–H groups in total. The molecule has 2 rings (SSSR count). The van der Waals surface area contributed by atoms with Gasteiger partial charge in [-0.3, -0.25) is 0 Å². The summed E-state index contributed by atoms with van der Waals surface area (Å²) < 4.78 is 5.38. The van der Waals surface area contributed by atoms with E-state index in [-0.39, 0.29) is 17.7 Å². The Hall–Kier alpha value is -2.04. The van der Waals surface area contributed by atoms with E-state index in [2.05, 4.69) is 0 Å². The summed E-state index contributed by atoms with van der Waals surface area (Å²) in [5.74, 6) is -0.929. The van der Waals surface area contributed by atoms with Gasteiger partial charge in [0.25, 0.3) is 0 Å². The fourth-order valence-corrected chi connectivity index (χ4v) is 2.59. The molecule has 1 atom stereocenters. The molecule has 1 aromatic carbocycles. The van der Waals surface area contributed by atoms with Crippen molar-refractivity contribution in [1.82, 2.24) is 4.90 Å². The highest BCUT2D eigenvalue weighted by molar-refractivity contribution is 5.88. The van der Waals surface area contributed by atoms with Crippen molar-refractivity contribution in [2.75, 3.05) is 7.05 Å². The predicted octanol–water partition coefficient (Wildman–Crippen LogP) is 3.24. The third kappa shape index (κ3) is 3.35. The molecule has 0 aromatic heterocycles. The lowest BCUT2D eigenvalue weighted by Gasteiger charge is -2.29. The SMILES string of the molecule is CN(C(=O)OC(C)(C)C)[C@H]1CCc2cc(C(=O)O)ccc21. The third-order valence-corrected chi connectivity index (χ3v) is 3.59. The van der Waals surface area contributed by atoms with Crippen molar-refractivity contribution in [3.8, 4) is 0 Å². The Morgan fingerprint density at radius 1 is 1.33 bits per heavy atom. The number of amides is 1. The molecule has 1 aliphatic carbocycles. The Kier molecular flexibility index (Phi) is 3.94. The topological polar surface area (TPSA) is 66.8 Å². The fourth-order valence-electron chi connectivity index (χ4n) is 2.59. The Morgan fingerprint density at radius 3 is 2.57 bits per heavy atom. The van der Waals surface area contributed by atoms with E-state index >= 15 is 0 Å². The summed E-state index contributed by atoms with van der Waals surface area (Å²) in [4.78, 5) is 24.7. The molecule has 5 heteroatoms. The summed E-state index contributed by atoms with van der Waals surface area (Å²) in [6, 6.07) is 5.03. The number of ether oxygens (including phenoxy) is 1. The number of carbonyl (C=O) groups is 2. The smallest absolute Gasteiger partial charge is 0.410 e. The van der Waals surface area contributed by atoms with Gasteiger partial charge in [0.1, 0.15) is 5.60 Å². The molecule has 0 aliphatic heterocycles. The fraction of sp³-hybridized carbons (Fsp3) is 0.500. The second-order valence-electron chi connectivity index (χ2n) is 6.36. The molecule has 0 heterocycles. The van der Waals surface area contributed by atoms with Crippen molar-refractivity contribution in [3.05, 3.63) is 34.9 Å². The van der Waals surface area contributed by atoms with Crippen LogP contribution in [-0.4, -0.2) is 34.7 Å². The van der Waals surface area contributed by atoms with E-state index in [4.69, 9.17) is 9.84 Å². The van der Waals surface area contributed by atoms with Crippen LogP contribution < -0.4 is 0 Å². The Labute approximate surface area is 124 Å². The van der Waals surface area contributed by atoms with E-state index < -0.39 is 11.6 Å². The number of nitrogens with zero attached hydrogens (tertiary/aromatic N) is 1. The molecule has 0 bridgehead atoms. The molecule has 0 saturated heterocycles. The first kappa shape index (κ1) is 15.4. The van der Waals surface area contributed by atoms with Gasteiger partial charge < -0.3 is 14.7 Å². The van der Waals surface area contributed by atoms with Crippen molar-refractivity contribution in [2.24, 2.45) is 0 Å². The molecule has 114 valence electrons. The molecule has 1 aromatic rings. The second-order valence-corrected chi connectivity index (χ2v) is 6.36. The van der Waals surface area contributed by atoms with E-state index in [0.717, 1.165) is 24.0 Å². The van der Waals surface area contributed by atoms with Gasteiger partial charge in [-0.05, 0) is 56.9 Å². The van der Waals surface area contributed by atoms with Crippen LogP contribution in [0.1, 0.15) is 54.7 Å². The van der Waals surface area contributed by atoms with Crippen LogP contribution in [0.3, 0.4) is 0 Å². The minimum absolute atomic E-state index is 0.0577. The van der Waals surface area contributed by atoms with E-state index in [9.17, 15) is 9.59 Å². The number of hydrogen-bond acceptors (Lipinski definition) is 3. The number of hydrogen-bond donors (Lipinski definition) is 1. The lowest BCUT2D eigenvalue weighted by Crippen LogP contribution is -2.36. The standard InChI is InChI=1S/C16H21NO4/c1-16(2,3)21-15(20)17(4)13-8-6-10-9-11(14(18)19)5-7-12(10)13/h5,7,9,13H,6,8H2,1-4H3,(H,18,19)/t13-/m0/s1. The number of carboxylic acids is 1. The molecular formula is C16H21NO4. The normalized spacial score (nSPS) is 17.2. The van der Waals surface area contributed by atoms with E-state index in [0.29, 0.717) is 0 Å². The molecule has 0 unspecified atom stereocenters. The molecule has 1 amide bonds. The van der Waals surface area contributed by atoms with Crippen LogP contribution in [0.25, 0.3) is 0 Å². The van der Waals surface area contributed by atoms with Crippen LogP contribution in [0.5, 0.6) is 0 Å². The summed E-state index contributed by atoms with van der Waals surface area (Å²) in [7, 11) is 1.72. The number of rotatable bonds is 2. The lowest BCUT2D eigenvalue weighted by atomic mass is 10.0. The Morgan fingerprint density at radius 2 is 2.00 bits per heavy atom. The average Bonchev–Trinajstić information content (AvgIpc) is 2.78. The van der Waals surface area contributed by atoms with Gasteiger partial charge in [0.05, 0.1) is 11.6 Å². The molecule has 21 heavy (non-hydrogen) atoms. The lowest BCUT2D eigenvalue weighted by molar-refractivity contribution is 0.0220. The van der Waals surface area contributed by atoms with E-state index in [1.165, 1.54) is 0 Å². The van der Waals surface area contributed by atoms with Gasteiger partial charge in [-0.15, -0.1) is 0 Å². The van der Waals surface area contributed by atoms with Crippen molar-refractivity contribution in [1.29, 1.82) is 0 Å². The Balaban J connectivity index is 2.19. The maximum Gasteiger partial charge on any atom is 0.410 e. The monoisotopic (exact) mass is 291 g/mol. The first-order valence-corrected chi connectivity index (χ1v) is 7.01. The maximum atomic E-state index is 12.1. The maximum absolute atomic E-state index is 12.1. The van der Waals surface area contributed by atoms with Crippen LogP contribution >= 0.6 is 0 Å². The quantitative estimate of drug-likeness (QED) is 0.908. The van der Waals surface area contributed by atoms with E-state index in [1.807, 2.05) is 20.8 Å². The molecule has 5 nitrogen and oxygen atoms in total. The first-order chi connectivity index (χ1) is 9.69. The van der Waals surface area contributed by atoms with Crippen molar-refractivity contribution in [2.45, 2.75) is 45.3 Å². The van der Waals surface area contributed by atoms with Gasteiger partial charge in [0.15, 0.2) is 0 Å². The van der Waals surface area contributed by atoms with Gasteiger partial charge in [0, 0.05) is 7.05 Å². The zero-order valence-corrected chi connectivity index (χ0v) is 12.8. The van der Waals surface area contributed by atoms with Crippen molar-refractivity contribution < 1.29 is 19.4 Å². The first-order valence-electron chi connectivity index (χ1n) is 7.01. The summed E-state index contributed by atoms with van der Waals surface area (Å²) in [5, 5.41) is 9.02. The molecule has 0 spiro atoms. The third-order valence-electron chi connectivity index (χ3n) is 3.59. The summed E-state index contributed by atoms with van der Waals surface area (Å²) in [6.45, 7) is 5.50. The van der Waals surface area contributed by atoms with Gasteiger partial charge >= 0.3 is 12.1 Å². The van der Waals surface area contributed by atoms with Crippen LogP contribution in [0.15, 0.2) is 18.2 Å². The molecule has 1 aliphatic rings. The largest absolute Gasteiger partial charge is 0.478 e. The number of aryl methyl sites for hydroxylation is 1. The molecule has 0 radical (unpaired) electrons. The summed E-state index contributed by atoms with van der Waals surface area (Å²) in [6.07, 6.45) is 1.20. The van der Waals surface area contributed by atoms with Gasteiger partial charge in [-0.25, -0.2) is 9.59 Å². The number of carboxylic acid groups (broad SMARTS) is 1. The van der Waals surface area contributed by atoms with E-state index in [1.54, 1.807) is 30.1 Å². The molecular weight excluding hydrogens is 270 g/mol. The van der Waals surface area contributed by atoms with Crippen LogP contribution in [0.4, 0.5) is 4.79 Å². The van der Waals surface area contributed by atoms with Gasteiger partial charge in [-0.2, -0.15) is 0 Å². The predicted molar refractivity (Wildman–Crippen MR) is 78.5 cm³/mol. The van der Waals surface area contributed by atoms with Crippen LogP contribution in [-0.2, 0) is 11.2 Å². The van der Waals surface area contributed by atoms with Crippen LogP contribution in [0.2, 0.25) is 0 Å². The number of benzene rings is 1. The zero-order valence-electron chi connectivity index (χ0n) is 12.8. The highest BCUT2D eigenvalue weighted by atomic mass is 16.6. The minimum atomic E-state index is -0.929. The summed E-state index contributed by atoms with van der Waals surface area (Å²) in [5.41, 5.74) is 1.76. The Bertz CT molecular complexity index is 574. The summed E-state index contributed by atoms with van der Waals surface area (Å²) >= 11 is 0. The zero-order chi connectivity index (χ0) is 15.8. The average molecular weight is 291 g/mol. The van der Waals surface area contributed by atoms with Crippen molar-refractivity contribution >= 4 is 12.1 Å². The highest BCUT2D eigenvalue weighted by Crippen LogP contribution is 2.36. The van der Waals surface area contributed by atoms with Crippen LogP contribution in [0, 0.1) is 0 Å². The molecule has 0 fully saturated rings. The van der Waals surface area contributed by atoms with Gasteiger partial charge in [-0.1, -0.05) is 6.07 Å². The van der Waals surface area contributed by atoms with Gasteiger partial charge in [0.2, 0.25) is 0 Å². The van der Waals surface area contributed by atoms with Crippen molar-refractivity contribution in [3.63, 3.8) is 0 Å². The number of aromatic carboxylic acids is 1. The number of carbonyl (C=O) groups excluding carboxylic acids is 1. The second kappa shape index (κ2) is 5.39. The minimum Gasteiger partial charge on any atom is -0.478 e. The molecule has 0 saturated carbocycles. The number of fused-ring (bicyclic) bond motifs is 1. The highest BCUT2D eigenvalue weighted by Gasteiger charge is 2.31.